The Hall–Kier alpha value is -6.72. The maximum atomic E-state index is 6.72. The molecule has 0 aliphatic heterocycles. The molecule has 0 aliphatic rings. The fraction of sp³-hybridized carbons (Fsp3) is 0. The van der Waals surface area contributed by atoms with Crippen LogP contribution in [0.2, 0.25) is 0 Å². The van der Waals surface area contributed by atoms with Gasteiger partial charge in [0.05, 0.1) is 22.1 Å². The quantitative estimate of drug-likeness (QED) is 0.196. The van der Waals surface area contributed by atoms with Gasteiger partial charge < -0.3 is 8.98 Å². The highest BCUT2D eigenvalue weighted by atomic mass is 16.3. The first-order valence-corrected chi connectivity index (χ1v) is 16.5. The van der Waals surface area contributed by atoms with Crippen molar-refractivity contribution in [2.24, 2.45) is 0 Å². The SMILES string of the molecule is c1ccc(-c2nc(-n3c4ccccc4c4cc5c6ccccc6n(-c6ccccc6)c5cc43)nc3c2oc2c4ccccc4ccc32)cc1. The van der Waals surface area contributed by atoms with E-state index in [1.54, 1.807) is 0 Å². The average Bonchev–Trinajstić information content (AvgIpc) is 3.82. The van der Waals surface area contributed by atoms with Gasteiger partial charge in [-0.2, -0.15) is 0 Å². The van der Waals surface area contributed by atoms with Crippen LogP contribution in [0.3, 0.4) is 0 Å². The molecule has 0 unspecified atom stereocenters. The molecule has 228 valence electrons. The largest absolute Gasteiger partial charge is 0.451 e. The van der Waals surface area contributed by atoms with E-state index in [-0.39, 0.29) is 0 Å². The van der Waals surface area contributed by atoms with Crippen molar-refractivity contribution < 1.29 is 4.42 Å². The lowest BCUT2D eigenvalue weighted by atomic mass is 10.1. The summed E-state index contributed by atoms with van der Waals surface area (Å²) in [6, 6.07) is 55.4. The minimum atomic E-state index is 0.607. The van der Waals surface area contributed by atoms with E-state index in [1.165, 1.54) is 16.3 Å². The average molecular weight is 627 g/mol. The van der Waals surface area contributed by atoms with Crippen molar-refractivity contribution in [3.63, 3.8) is 0 Å². The molecule has 4 aromatic heterocycles. The molecule has 11 aromatic rings. The van der Waals surface area contributed by atoms with Crippen LogP contribution >= 0.6 is 0 Å². The molecular formula is C44H26N4O. The third-order valence-corrected chi connectivity index (χ3v) is 9.92. The number of furan rings is 1. The summed E-state index contributed by atoms with van der Waals surface area (Å²) < 4.78 is 11.3. The van der Waals surface area contributed by atoms with Crippen LogP contribution in [-0.2, 0) is 0 Å². The maximum absolute atomic E-state index is 6.72. The fourth-order valence-electron chi connectivity index (χ4n) is 7.75. The van der Waals surface area contributed by atoms with E-state index >= 15 is 0 Å². The van der Waals surface area contributed by atoms with E-state index in [9.17, 15) is 0 Å². The lowest BCUT2D eigenvalue weighted by Crippen LogP contribution is -2.03. The number of nitrogens with zero attached hydrogens (tertiary/aromatic N) is 4. The number of para-hydroxylation sites is 3. The van der Waals surface area contributed by atoms with E-state index in [1.807, 2.05) is 18.2 Å². The van der Waals surface area contributed by atoms with E-state index < -0.39 is 0 Å². The molecule has 0 atom stereocenters. The van der Waals surface area contributed by atoms with Crippen LogP contribution in [0.5, 0.6) is 0 Å². The number of aromatic nitrogens is 4. The molecule has 0 spiro atoms. The van der Waals surface area contributed by atoms with Gasteiger partial charge in [0.25, 0.3) is 0 Å². The molecule has 49 heavy (non-hydrogen) atoms. The molecular weight excluding hydrogens is 601 g/mol. The molecule has 0 saturated heterocycles. The lowest BCUT2D eigenvalue weighted by molar-refractivity contribution is 0.670. The van der Waals surface area contributed by atoms with Gasteiger partial charge in [0.15, 0.2) is 5.58 Å². The molecule has 0 saturated carbocycles. The Balaban J connectivity index is 1.30. The van der Waals surface area contributed by atoms with Gasteiger partial charge in [-0.3, -0.25) is 4.57 Å². The minimum absolute atomic E-state index is 0.607. The molecule has 0 radical (unpaired) electrons. The third-order valence-electron chi connectivity index (χ3n) is 9.92. The second-order valence-electron chi connectivity index (χ2n) is 12.6. The second-order valence-corrected chi connectivity index (χ2v) is 12.6. The van der Waals surface area contributed by atoms with Crippen LogP contribution in [0.15, 0.2) is 162 Å². The standard InChI is InChI=1S/C44H26N4O/c1-3-14-28(15-4-1)40-43-41(33-24-23-27-13-7-8-18-30(27)42(33)49-43)46-44(45-40)48-37-22-12-10-20-32(37)35-25-34-31-19-9-11-21-36(31)47(38(34)26-39(35)48)29-16-5-2-6-17-29/h1-26H. The molecule has 0 amide bonds. The summed E-state index contributed by atoms with van der Waals surface area (Å²) in [6.45, 7) is 0. The molecule has 7 aromatic carbocycles. The normalized spacial score (nSPS) is 12.1. The van der Waals surface area contributed by atoms with Gasteiger partial charge in [-0.1, -0.05) is 115 Å². The lowest BCUT2D eigenvalue weighted by Gasteiger charge is -2.10. The van der Waals surface area contributed by atoms with E-state index in [2.05, 4.69) is 149 Å². The van der Waals surface area contributed by atoms with Crippen molar-refractivity contribution in [1.29, 1.82) is 0 Å². The van der Waals surface area contributed by atoms with Gasteiger partial charge in [0.2, 0.25) is 5.95 Å². The number of rotatable bonds is 3. The predicted octanol–water partition coefficient (Wildman–Crippen LogP) is 11.4. The Morgan fingerprint density at radius 2 is 1.02 bits per heavy atom. The van der Waals surface area contributed by atoms with Crippen LogP contribution < -0.4 is 0 Å². The van der Waals surface area contributed by atoms with Crippen LogP contribution in [-0.4, -0.2) is 19.1 Å². The van der Waals surface area contributed by atoms with E-state index in [0.717, 1.165) is 71.5 Å². The maximum Gasteiger partial charge on any atom is 0.236 e. The van der Waals surface area contributed by atoms with Crippen LogP contribution in [0, 0.1) is 0 Å². The summed E-state index contributed by atoms with van der Waals surface area (Å²) in [6.07, 6.45) is 0. The molecule has 0 bridgehead atoms. The molecule has 11 rings (SSSR count). The summed E-state index contributed by atoms with van der Waals surface area (Å²) in [5.41, 5.74) is 9.59. The number of hydrogen-bond donors (Lipinski definition) is 0. The first-order chi connectivity index (χ1) is 24.3. The van der Waals surface area contributed by atoms with Crippen LogP contribution in [0.25, 0.3) is 99.3 Å². The number of benzene rings is 7. The van der Waals surface area contributed by atoms with Gasteiger partial charge in [0.1, 0.15) is 16.8 Å². The van der Waals surface area contributed by atoms with E-state index in [0.29, 0.717) is 11.5 Å². The predicted molar refractivity (Wildman–Crippen MR) is 201 cm³/mol. The van der Waals surface area contributed by atoms with Crippen LogP contribution in [0.4, 0.5) is 0 Å². The highest BCUT2D eigenvalue weighted by Gasteiger charge is 2.23. The zero-order chi connectivity index (χ0) is 32.1. The van der Waals surface area contributed by atoms with E-state index in [4.69, 9.17) is 14.4 Å². The molecule has 4 heterocycles. The molecule has 5 heteroatoms. The van der Waals surface area contributed by atoms with Crippen molar-refractivity contribution in [2.45, 2.75) is 0 Å². The van der Waals surface area contributed by atoms with Gasteiger partial charge >= 0.3 is 0 Å². The summed E-state index contributed by atoms with van der Waals surface area (Å²) >= 11 is 0. The summed E-state index contributed by atoms with van der Waals surface area (Å²) in [7, 11) is 0. The van der Waals surface area contributed by atoms with Gasteiger partial charge in [-0.25, -0.2) is 9.97 Å². The summed E-state index contributed by atoms with van der Waals surface area (Å²) in [5, 5.41) is 7.92. The highest BCUT2D eigenvalue weighted by molar-refractivity contribution is 6.20. The number of hydrogen-bond acceptors (Lipinski definition) is 3. The molecule has 5 nitrogen and oxygen atoms in total. The number of fused-ring (bicyclic) bond motifs is 11. The minimum Gasteiger partial charge on any atom is -0.451 e. The van der Waals surface area contributed by atoms with Gasteiger partial charge in [0, 0.05) is 43.6 Å². The van der Waals surface area contributed by atoms with Gasteiger partial charge in [-0.05, 0) is 47.9 Å². The zero-order valence-corrected chi connectivity index (χ0v) is 26.2. The Labute approximate surface area is 279 Å². The summed E-state index contributed by atoms with van der Waals surface area (Å²) in [5.74, 6) is 0.607. The second kappa shape index (κ2) is 9.89. The molecule has 0 aliphatic carbocycles. The van der Waals surface area contributed by atoms with Crippen molar-refractivity contribution in [1.82, 2.24) is 19.1 Å². The Bertz CT molecular complexity index is 3100. The Morgan fingerprint density at radius 3 is 1.78 bits per heavy atom. The third kappa shape index (κ3) is 3.70. The Morgan fingerprint density at radius 1 is 0.408 bits per heavy atom. The monoisotopic (exact) mass is 626 g/mol. The van der Waals surface area contributed by atoms with Crippen molar-refractivity contribution in [3.05, 3.63) is 158 Å². The molecule has 0 N–H and O–H groups in total. The van der Waals surface area contributed by atoms with Crippen molar-refractivity contribution >= 4 is 76.5 Å². The van der Waals surface area contributed by atoms with Crippen molar-refractivity contribution in [3.8, 4) is 22.9 Å². The van der Waals surface area contributed by atoms with Crippen molar-refractivity contribution in [2.75, 3.05) is 0 Å². The molecule has 0 fully saturated rings. The zero-order valence-electron chi connectivity index (χ0n) is 26.2. The highest BCUT2D eigenvalue weighted by Crippen LogP contribution is 2.41. The van der Waals surface area contributed by atoms with Gasteiger partial charge in [-0.15, -0.1) is 0 Å². The first-order valence-electron chi connectivity index (χ1n) is 16.5. The summed E-state index contributed by atoms with van der Waals surface area (Å²) in [4.78, 5) is 10.7. The topological polar surface area (TPSA) is 48.8 Å². The fourth-order valence-corrected chi connectivity index (χ4v) is 7.75. The first kappa shape index (κ1) is 26.4. The Kier molecular flexibility index (Phi) is 5.32. The van der Waals surface area contributed by atoms with Crippen LogP contribution in [0.1, 0.15) is 0 Å². The smallest absolute Gasteiger partial charge is 0.236 e.